The number of hydrogen-bond acceptors (Lipinski definition) is 7. The molecule has 0 aliphatic carbocycles. The molecule has 2 aromatic heterocycles. The highest BCUT2D eigenvalue weighted by atomic mass is 32.2. The Labute approximate surface area is 151 Å². The topological polar surface area (TPSA) is 116 Å². The maximum atomic E-state index is 13.3. The molecule has 7 nitrogen and oxygen atoms in total. The van der Waals surface area contributed by atoms with Crippen molar-refractivity contribution >= 4 is 34.3 Å². The number of nitrogens with zero attached hydrogens (tertiary/aromatic N) is 3. The number of carbonyl (C=O) groups is 1. The number of aromatic nitrogens is 2. The zero-order chi connectivity index (χ0) is 18.6. The van der Waals surface area contributed by atoms with Crippen molar-refractivity contribution in [2.75, 3.05) is 13.3 Å². The van der Waals surface area contributed by atoms with E-state index in [9.17, 15) is 13.7 Å². The third-order valence-corrected chi connectivity index (χ3v) is 4.71. The zero-order valence-corrected chi connectivity index (χ0v) is 15.4. The van der Waals surface area contributed by atoms with Gasteiger partial charge in [-0.25, -0.2) is 9.37 Å². The molecular weight excluding hydrogens is 365 g/mol. The molecule has 2 heterocycles. The van der Waals surface area contributed by atoms with Gasteiger partial charge in [0.25, 0.3) is 0 Å². The summed E-state index contributed by atoms with van der Waals surface area (Å²) in [6, 6.07) is 1.34. The van der Waals surface area contributed by atoms with Crippen LogP contribution in [0.3, 0.4) is 0 Å². The summed E-state index contributed by atoms with van der Waals surface area (Å²) in [5, 5.41) is 0.576. The van der Waals surface area contributed by atoms with E-state index < -0.39 is 23.1 Å². The van der Waals surface area contributed by atoms with E-state index in [2.05, 4.69) is 19.7 Å². The van der Waals surface area contributed by atoms with Crippen molar-refractivity contribution < 1.29 is 13.7 Å². The fourth-order valence-electron chi connectivity index (χ4n) is 1.92. The Morgan fingerprint density at radius 1 is 1.52 bits per heavy atom. The maximum Gasteiger partial charge on any atom is 0.307 e. The summed E-state index contributed by atoms with van der Waals surface area (Å²) in [7, 11) is 1.55. The quantitative estimate of drug-likeness (QED) is 0.460. The normalized spacial score (nSPS) is 13.6. The number of halogens is 1. The third kappa shape index (κ3) is 4.84. The van der Waals surface area contributed by atoms with E-state index in [4.69, 9.17) is 5.73 Å². The summed E-state index contributed by atoms with van der Waals surface area (Å²) in [5.74, 6) is -1.11. The van der Waals surface area contributed by atoms with E-state index in [1.54, 1.807) is 14.0 Å². The van der Waals surface area contributed by atoms with Crippen LogP contribution in [0.5, 0.6) is 0 Å². The first-order valence-corrected chi connectivity index (χ1v) is 9.36. The van der Waals surface area contributed by atoms with Gasteiger partial charge >= 0.3 is 5.91 Å². The van der Waals surface area contributed by atoms with Crippen LogP contribution >= 0.6 is 11.3 Å². The van der Waals surface area contributed by atoms with Gasteiger partial charge in [0.05, 0.1) is 33.8 Å². The molecule has 1 atom stereocenters. The fourth-order valence-corrected chi connectivity index (χ4v) is 3.35. The predicted octanol–water partition coefficient (Wildman–Crippen LogP) is 1.32. The Morgan fingerprint density at radius 3 is 2.84 bits per heavy atom. The molecule has 0 spiro atoms. The second-order valence-electron chi connectivity index (χ2n) is 4.92. The molecule has 25 heavy (non-hydrogen) atoms. The van der Waals surface area contributed by atoms with Crippen LogP contribution in [0.4, 0.5) is 4.39 Å². The molecule has 0 aromatic carbocycles. The Kier molecular flexibility index (Phi) is 6.23. The number of allylic oxidation sites excluding steroid dienone is 1. The summed E-state index contributed by atoms with van der Waals surface area (Å²) in [4.78, 5) is 24.8. The van der Waals surface area contributed by atoms with Gasteiger partial charge in [-0.3, -0.25) is 14.8 Å². The average Bonchev–Trinajstić information content (AvgIpc) is 2.93. The lowest BCUT2D eigenvalue weighted by Crippen LogP contribution is -2.33. The van der Waals surface area contributed by atoms with Crippen molar-refractivity contribution in [3.63, 3.8) is 0 Å². The Balaban J connectivity index is 2.35. The zero-order valence-electron chi connectivity index (χ0n) is 13.7. The van der Waals surface area contributed by atoms with E-state index in [-0.39, 0.29) is 5.70 Å². The molecule has 0 aliphatic rings. The van der Waals surface area contributed by atoms with Crippen LogP contribution in [0.25, 0.3) is 10.6 Å². The summed E-state index contributed by atoms with van der Waals surface area (Å²) in [6.45, 7) is 1.78. The van der Waals surface area contributed by atoms with Crippen LogP contribution in [0.1, 0.15) is 10.6 Å². The maximum absolute atomic E-state index is 13.3. The van der Waals surface area contributed by atoms with Gasteiger partial charge < -0.3 is 10.3 Å². The van der Waals surface area contributed by atoms with Crippen molar-refractivity contribution in [3.8, 4) is 10.6 Å². The summed E-state index contributed by atoms with van der Waals surface area (Å²) in [5.41, 5.74) is 7.25. The SMILES string of the molecule is CN=C(C=C(N)C(=O)N[S+](C)[O-])c1sc(-c2cncc(F)c2)nc1C. The number of hydrogen-bond donors (Lipinski definition) is 2. The molecule has 0 saturated carbocycles. The number of rotatable bonds is 5. The second kappa shape index (κ2) is 8.19. The molecule has 132 valence electrons. The standard InChI is InChI=1S/C15H16FN5O2S2/c1-8-13(12(18-2)5-11(17)14(22)21-25(3)23)24-15(20-8)9-4-10(16)7-19-6-9/h4-7H,17H2,1-3H3,(H,21,22). The minimum absolute atomic E-state index is 0.127. The van der Waals surface area contributed by atoms with Gasteiger partial charge in [0.1, 0.15) is 22.8 Å². The van der Waals surface area contributed by atoms with Gasteiger partial charge in [0.2, 0.25) is 0 Å². The highest BCUT2D eigenvalue weighted by Gasteiger charge is 2.16. The number of nitrogens with one attached hydrogen (secondary N) is 1. The van der Waals surface area contributed by atoms with Crippen molar-refractivity contribution in [2.45, 2.75) is 6.92 Å². The molecular formula is C15H16FN5O2S2. The Bertz CT molecular complexity index is 848. The van der Waals surface area contributed by atoms with E-state index in [0.29, 0.717) is 26.9 Å². The molecule has 0 bridgehead atoms. The highest BCUT2D eigenvalue weighted by Crippen LogP contribution is 2.28. The lowest BCUT2D eigenvalue weighted by Gasteiger charge is -2.06. The van der Waals surface area contributed by atoms with Gasteiger partial charge in [-0.15, -0.1) is 11.3 Å². The van der Waals surface area contributed by atoms with Crippen molar-refractivity contribution in [1.82, 2.24) is 14.7 Å². The Hall–Kier alpha value is -2.30. The third-order valence-electron chi connectivity index (χ3n) is 3.01. The van der Waals surface area contributed by atoms with Crippen molar-refractivity contribution in [2.24, 2.45) is 10.7 Å². The first-order chi connectivity index (χ1) is 11.8. The Morgan fingerprint density at radius 2 is 2.24 bits per heavy atom. The van der Waals surface area contributed by atoms with Crippen LogP contribution in [0.2, 0.25) is 0 Å². The van der Waals surface area contributed by atoms with Crippen LogP contribution in [-0.4, -0.2) is 39.4 Å². The summed E-state index contributed by atoms with van der Waals surface area (Å²) < 4.78 is 26.6. The number of carbonyl (C=O) groups excluding carboxylic acids is 1. The number of nitrogens with two attached hydrogens (primary N) is 1. The minimum Gasteiger partial charge on any atom is -0.593 e. The molecule has 2 aromatic rings. The summed E-state index contributed by atoms with van der Waals surface area (Å²) in [6.07, 6.45) is 5.34. The molecule has 0 radical (unpaired) electrons. The number of amides is 1. The number of aliphatic imine (C=N–C) groups is 1. The first-order valence-electron chi connectivity index (χ1n) is 6.99. The molecule has 2 rings (SSSR count). The smallest absolute Gasteiger partial charge is 0.307 e. The van der Waals surface area contributed by atoms with E-state index in [0.717, 1.165) is 6.20 Å². The van der Waals surface area contributed by atoms with Gasteiger partial charge in [-0.05, 0) is 19.1 Å². The molecule has 0 saturated heterocycles. The monoisotopic (exact) mass is 381 g/mol. The van der Waals surface area contributed by atoms with Gasteiger partial charge in [0.15, 0.2) is 0 Å². The largest absolute Gasteiger partial charge is 0.593 e. The molecule has 10 heteroatoms. The summed E-state index contributed by atoms with van der Waals surface area (Å²) >= 11 is -0.236. The predicted molar refractivity (Wildman–Crippen MR) is 97.0 cm³/mol. The van der Waals surface area contributed by atoms with Crippen LogP contribution in [0, 0.1) is 12.7 Å². The first kappa shape index (κ1) is 19.0. The fraction of sp³-hybridized carbons (Fsp3) is 0.200. The van der Waals surface area contributed by atoms with E-state index in [1.165, 1.54) is 35.9 Å². The molecule has 1 amide bonds. The van der Waals surface area contributed by atoms with Crippen LogP contribution in [-0.2, 0) is 16.2 Å². The average molecular weight is 381 g/mol. The molecule has 1 unspecified atom stereocenters. The van der Waals surface area contributed by atoms with E-state index in [1.807, 2.05) is 0 Å². The van der Waals surface area contributed by atoms with E-state index >= 15 is 0 Å². The van der Waals surface area contributed by atoms with Crippen molar-refractivity contribution in [3.05, 3.63) is 46.6 Å². The molecule has 0 fully saturated rings. The second-order valence-corrected chi connectivity index (χ2v) is 7.03. The van der Waals surface area contributed by atoms with Gasteiger partial charge in [-0.1, -0.05) is 0 Å². The van der Waals surface area contributed by atoms with Crippen molar-refractivity contribution in [1.29, 1.82) is 0 Å². The van der Waals surface area contributed by atoms with Gasteiger partial charge in [-0.2, -0.15) is 4.72 Å². The lowest BCUT2D eigenvalue weighted by molar-refractivity contribution is -0.115. The van der Waals surface area contributed by atoms with Crippen LogP contribution < -0.4 is 10.5 Å². The molecule has 0 aliphatic heterocycles. The lowest BCUT2D eigenvalue weighted by atomic mass is 10.2. The minimum atomic E-state index is -1.52. The number of aryl methyl sites for hydroxylation is 1. The van der Waals surface area contributed by atoms with Gasteiger partial charge in [0, 0.05) is 18.8 Å². The van der Waals surface area contributed by atoms with Crippen LogP contribution in [0.15, 0.2) is 35.2 Å². The number of pyridine rings is 1. The molecule has 3 N–H and O–H groups in total. The highest BCUT2D eigenvalue weighted by molar-refractivity contribution is 7.89. The number of thiazole rings is 1.